The van der Waals surface area contributed by atoms with Crippen molar-refractivity contribution >= 4 is 0 Å². The fourth-order valence-electron chi connectivity index (χ4n) is 3.80. The number of hydrogen-bond donors (Lipinski definition) is 1. The molecule has 1 N–H and O–H groups in total. The van der Waals surface area contributed by atoms with E-state index in [4.69, 9.17) is 4.74 Å². The summed E-state index contributed by atoms with van der Waals surface area (Å²) in [5.74, 6) is 3.88. The van der Waals surface area contributed by atoms with Crippen LogP contribution in [-0.4, -0.2) is 14.2 Å². The Bertz CT molecular complexity index is 433. The molecular formula is C16H23NO. The van der Waals surface area contributed by atoms with E-state index in [0.29, 0.717) is 6.04 Å². The molecule has 2 fully saturated rings. The van der Waals surface area contributed by atoms with E-state index >= 15 is 0 Å². The van der Waals surface area contributed by atoms with Crippen molar-refractivity contribution in [2.45, 2.75) is 32.2 Å². The zero-order chi connectivity index (χ0) is 12.7. The normalized spacial score (nSPS) is 30.9. The van der Waals surface area contributed by atoms with Crippen LogP contribution in [0.3, 0.4) is 0 Å². The van der Waals surface area contributed by atoms with E-state index in [0.717, 1.165) is 23.5 Å². The van der Waals surface area contributed by atoms with Crippen molar-refractivity contribution in [2.75, 3.05) is 14.2 Å². The lowest BCUT2D eigenvalue weighted by Gasteiger charge is -2.26. The molecule has 2 heteroatoms. The summed E-state index contributed by atoms with van der Waals surface area (Å²) >= 11 is 0. The van der Waals surface area contributed by atoms with Gasteiger partial charge in [-0.05, 0) is 74.2 Å². The van der Waals surface area contributed by atoms with Gasteiger partial charge in [-0.1, -0.05) is 6.07 Å². The van der Waals surface area contributed by atoms with Gasteiger partial charge >= 0.3 is 0 Å². The summed E-state index contributed by atoms with van der Waals surface area (Å²) in [7, 11) is 3.83. The molecule has 2 saturated carbocycles. The van der Waals surface area contributed by atoms with E-state index in [1.54, 1.807) is 7.11 Å². The van der Waals surface area contributed by atoms with Gasteiger partial charge in [-0.2, -0.15) is 0 Å². The fourth-order valence-corrected chi connectivity index (χ4v) is 3.80. The van der Waals surface area contributed by atoms with Gasteiger partial charge in [0.1, 0.15) is 5.75 Å². The molecule has 3 rings (SSSR count). The minimum absolute atomic E-state index is 0.517. The first kappa shape index (κ1) is 12.0. The Morgan fingerprint density at radius 3 is 2.50 bits per heavy atom. The quantitative estimate of drug-likeness (QED) is 0.878. The molecule has 1 aromatic carbocycles. The van der Waals surface area contributed by atoms with Crippen molar-refractivity contribution in [3.63, 3.8) is 0 Å². The Morgan fingerprint density at radius 2 is 1.94 bits per heavy atom. The van der Waals surface area contributed by atoms with Gasteiger partial charge in [-0.15, -0.1) is 0 Å². The van der Waals surface area contributed by atoms with E-state index in [1.807, 2.05) is 0 Å². The number of hydrogen-bond acceptors (Lipinski definition) is 2. The third-order valence-electron chi connectivity index (χ3n) is 4.87. The lowest BCUT2D eigenvalue weighted by Crippen LogP contribution is -2.25. The summed E-state index contributed by atoms with van der Waals surface area (Å²) in [6, 6.07) is 6.99. The zero-order valence-corrected chi connectivity index (χ0v) is 11.6. The van der Waals surface area contributed by atoms with E-state index in [2.05, 4.69) is 37.5 Å². The van der Waals surface area contributed by atoms with Crippen molar-refractivity contribution in [3.05, 3.63) is 29.3 Å². The molecule has 0 amide bonds. The van der Waals surface area contributed by atoms with Crippen molar-refractivity contribution in [1.29, 1.82) is 0 Å². The first-order chi connectivity index (χ1) is 8.72. The average molecular weight is 245 g/mol. The molecule has 0 aliphatic heterocycles. The Hall–Kier alpha value is -1.02. The largest absolute Gasteiger partial charge is 0.497 e. The molecule has 0 radical (unpaired) electrons. The third-order valence-corrected chi connectivity index (χ3v) is 4.87. The molecule has 18 heavy (non-hydrogen) atoms. The average Bonchev–Trinajstić information content (AvgIpc) is 2.99. The predicted octanol–water partition coefficient (Wildman–Crippen LogP) is 3.31. The van der Waals surface area contributed by atoms with Crippen LogP contribution in [0.1, 0.15) is 36.4 Å². The van der Waals surface area contributed by atoms with Crippen molar-refractivity contribution < 1.29 is 4.74 Å². The number of methoxy groups -OCH3 is 1. The highest BCUT2D eigenvalue weighted by atomic mass is 16.5. The molecule has 2 aliphatic carbocycles. The number of ether oxygens (including phenoxy) is 1. The van der Waals surface area contributed by atoms with Gasteiger partial charge < -0.3 is 10.1 Å². The Morgan fingerprint density at radius 1 is 1.22 bits per heavy atom. The molecule has 0 aromatic heterocycles. The third kappa shape index (κ3) is 2.03. The maximum Gasteiger partial charge on any atom is 0.119 e. The van der Waals surface area contributed by atoms with Crippen LogP contribution in [0.25, 0.3) is 0 Å². The molecule has 1 aromatic rings. The highest BCUT2D eigenvalue weighted by molar-refractivity contribution is 5.37. The van der Waals surface area contributed by atoms with E-state index in [1.165, 1.54) is 30.4 Å². The van der Waals surface area contributed by atoms with Crippen LogP contribution in [0.5, 0.6) is 5.75 Å². The molecule has 3 unspecified atom stereocenters. The lowest BCUT2D eigenvalue weighted by molar-refractivity contribution is 0.357. The number of benzene rings is 1. The second-order valence-corrected chi connectivity index (χ2v) is 5.98. The molecule has 98 valence electrons. The lowest BCUT2D eigenvalue weighted by atomic mass is 9.87. The van der Waals surface area contributed by atoms with Gasteiger partial charge in [0, 0.05) is 6.04 Å². The topological polar surface area (TPSA) is 21.3 Å². The van der Waals surface area contributed by atoms with Gasteiger partial charge in [0.15, 0.2) is 0 Å². The maximum absolute atomic E-state index is 5.29. The summed E-state index contributed by atoms with van der Waals surface area (Å²) < 4.78 is 5.29. The molecule has 0 spiro atoms. The monoisotopic (exact) mass is 245 g/mol. The van der Waals surface area contributed by atoms with Crippen LogP contribution >= 0.6 is 0 Å². The highest BCUT2D eigenvalue weighted by Crippen LogP contribution is 2.57. The molecule has 3 atom stereocenters. The minimum Gasteiger partial charge on any atom is -0.497 e. The summed E-state index contributed by atoms with van der Waals surface area (Å²) in [5.41, 5.74) is 2.79. The number of rotatable bonds is 4. The van der Waals surface area contributed by atoms with E-state index in [-0.39, 0.29) is 0 Å². The van der Waals surface area contributed by atoms with Crippen molar-refractivity contribution in [1.82, 2.24) is 5.32 Å². The maximum atomic E-state index is 5.29. The summed E-state index contributed by atoms with van der Waals surface area (Å²) in [4.78, 5) is 0. The second-order valence-electron chi connectivity index (χ2n) is 5.98. The van der Waals surface area contributed by atoms with E-state index in [9.17, 15) is 0 Å². The number of aryl methyl sites for hydroxylation is 1. The first-order valence-corrected chi connectivity index (χ1v) is 7.04. The Labute approximate surface area is 110 Å². The van der Waals surface area contributed by atoms with Crippen molar-refractivity contribution in [2.24, 2.45) is 17.8 Å². The molecule has 2 nitrogen and oxygen atoms in total. The van der Waals surface area contributed by atoms with Crippen LogP contribution in [0, 0.1) is 24.7 Å². The second kappa shape index (κ2) is 4.58. The van der Waals surface area contributed by atoms with Gasteiger partial charge in [0.05, 0.1) is 7.11 Å². The molecule has 0 saturated heterocycles. The molecule has 2 aliphatic rings. The summed E-state index contributed by atoms with van der Waals surface area (Å²) in [6.07, 6.45) is 4.33. The standard InChI is InChI=1S/C16H23NO/c1-10-6-14(18-3)4-5-15(10)16(17-2)13-8-11-7-12(11)9-13/h4-6,11-13,16-17H,7-9H2,1-3H3. The van der Waals surface area contributed by atoms with Crippen LogP contribution in [0.4, 0.5) is 0 Å². The minimum atomic E-state index is 0.517. The first-order valence-electron chi connectivity index (χ1n) is 7.04. The summed E-state index contributed by atoms with van der Waals surface area (Å²) in [6.45, 7) is 2.19. The van der Waals surface area contributed by atoms with Gasteiger partial charge in [-0.25, -0.2) is 0 Å². The molecule has 0 heterocycles. The van der Waals surface area contributed by atoms with Gasteiger partial charge in [0.2, 0.25) is 0 Å². The number of fused-ring (bicyclic) bond motifs is 1. The van der Waals surface area contributed by atoms with Gasteiger partial charge in [0.25, 0.3) is 0 Å². The van der Waals surface area contributed by atoms with E-state index < -0.39 is 0 Å². The SMILES string of the molecule is CNC(c1ccc(OC)cc1C)C1CC2CC2C1. The Balaban J connectivity index is 1.82. The van der Waals surface area contributed by atoms with Crippen molar-refractivity contribution in [3.8, 4) is 5.75 Å². The van der Waals surface area contributed by atoms with Crippen LogP contribution in [0.2, 0.25) is 0 Å². The zero-order valence-electron chi connectivity index (χ0n) is 11.6. The Kier molecular flexibility index (Phi) is 3.06. The fraction of sp³-hybridized carbons (Fsp3) is 0.625. The van der Waals surface area contributed by atoms with Gasteiger partial charge in [-0.3, -0.25) is 0 Å². The van der Waals surface area contributed by atoms with Crippen LogP contribution in [-0.2, 0) is 0 Å². The van der Waals surface area contributed by atoms with Crippen LogP contribution in [0.15, 0.2) is 18.2 Å². The summed E-state index contributed by atoms with van der Waals surface area (Å²) in [5, 5.41) is 3.54. The van der Waals surface area contributed by atoms with Crippen LogP contribution < -0.4 is 10.1 Å². The predicted molar refractivity (Wildman–Crippen MR) is 73.9 cm³/mol. The smallest absolute Gasteiger partial charge is 0.119 e. The molecular weight excluding hydrogens is 222 g/mol. The molecule has 0 bridgehead atoms. The number of nitrogens with one attached hydrogen (secondary N) is 1. The highest BCUT2D eigenvalue weighted by Gasteiger charge is 2.47.